The van der Waals surface area contributed by atoms with Crippen LogP contribution in [-0.4, -0.2) is 36.2 Å². The fourth-order valence-electron chi connectivity index (χ4n) is 2.41. The molecule has 1 aliphatic carbocycles. The molecular weight excluding hydrogens is 270 g/mol. The quantitative estimate of drug-likeness (QED) is 0.654. The highest BCUT2D eigenvalue weighted by Gasteiger charge is 2.22. The molecule has 6 heteroatoms. The molecule has 2 atom stereocenters. The number of aliphatic hydroxyl groups is 1. The summed E-state index contributed by atoms with van der Waals surface area (Å²) in [5, 5.41) is 17.3. The van der Waals surface area contributed by atoms with Crippen molar-refractivity contribution in [1.82, 2.24) is 10.6 Å². The predicted molar refractivity (Wildman–Crippen MR) is 79.8 cm³/mol. The summed E-state index contributed by atoms with van der Waals surface area (Å²) >= 11 is 0. The molecule has 1 aliphatic rings. The van der Waals surface area contributed by atoms with E-state index in [1.165, 1.54) is 0 Å². The van der Waals surface area contributed by atoms with Crippen LogP contribution in [0.2, 0.25) is 0 Å². The molecule has 1 fully saturated rings. The minimum absolute atomic E-state index is 0.0616. The van der Waals surface area contributed by atoms with E-state index in [1.807, 2.05) is 18.2 Å². The van der Waals surface area contributed by atoms with Crippen molar-refractivity contribution in [2.45, 2.75) is 25.4 Å². The molecule has 0 aliphatic heterocycles. The molecule has 0 bridgehead atoms. The number of amides is 3. The number of anilines is 1. The number of aliphatic hydroxyl groups excluding tert-OH is 1. The van der Waals surface area contributed by atoms with E-state index in [-0.39, 0.29) is 18.6 Å². The van der Waals surface area contributed by atoms with Gasteiger partial charge in [0, 0.05) is 12.2 Å². The van der Waals surface area contributed by atoms with Crippen LogP contribution in [0, 0.1) is 5.92 Å². The lowest BCUT2D eigenvalue weighted by Crippen LogP contribution is -2.40. The van der Waals surface area contributed by atoms with E-state index >= 15 is 0 Å². The highest BCUT2D eigenvalue weighted by molar-refractivity contribution is 5.92. The minimum atomic E-state index is -0.410. The second-order valence-electron chi connectivity index (χ2n) is 5.31. The van der Waals surface area contributed by atoms with E-state index < -0.39 is 6.03 Å². The van der Waals surface area contributed by atoms with Crippen LogP contribution < -0.4 is 16.0 Å². The third-order valence-electron chi connectivity index (χ3n) is 3.54. The molecule has 0 heterocycles. The van der Waals surface area contributed by atoms with E-state index in [1.54, 1.807) is 12.1 Å². The average Bonchev–Trinajstić information content (AvgIpc) is 2.90. The van der Waals surface area contributed by atoms with Crippen LogP contribution in [0.3, 0.4) is 0 Å². The lowest BCUT2D eigenvalue weighted by Gasteiger charge is -2.11. The van der Waals surface area contributed by atoms with Gasteiger partial charge in [-0.2, -0.15) is 0 Å². The van der Waals surface area contributed by atoms with Crippen molar-refractivity contribution in [3.63, 3.8) is 0 Å². The first kappa shape index (κ1) is 15.3. The van der Waals surface area contributed by atoms with Gasteiger partial charge in [-0.3, -0.25) is 4.79 Å². The highest BCUT2D eigenvalue weighted by atomic mass is 16.3. The van der Waals surface area contributed by atoms with Gasteiger partial charge in [0.25, 0.3) is 0 Å². The summed E-state index contributed by atoms with van der Waals surface area (Å²) in [6, 6.07) is 8.62. The topological polar surface area (TPSA) is 90.5 Å². The molecular formula is C15H21N3O3. The molecule has 21 heavy (non-hydrogen) atoms. The van der Waals surface area contributed by atoms with Crippen molar-refractivity contribution >= 4 is 17.6 Å². The third kappa shape index (κ3) is 5.43. The zero-order valence-corrected chi connectivity index (χ0v) is 11.8. The molecule has 2 rings (SSSR count). The zero-order valence-electron chi connectivity index (χ0n) is 11.8. The normalized spacial score (nSPS) is 20.8. The number of para-hydroxylation sites is 1. The standard InChI is InChI=1S/C15H21N3O3/c19-13-7-6-11(8-13)9-16-14(20)10-17-15(21)18-12-4-2-1-3-5-12/h1-5,11,13,19H,6-10H2,(H,16,20)(H2,17,18,21). The minimum Gasteiger partial charge on any atom is -0.393 e. The molecule has 2 unspecified atom stereocenters. The lowest BCUT2D eigenvalue weighted by atomic mass is 10.1. The van der Waals surface area contributed by atoms with E-state index in [0.29, 0.717) is 18.2 Å². The van der Waals surface area contributed by atoms with Gasteiger partial charge in [0.15, 0.2) is 0 Å². The molecule has 1 aromatic carbocycles. The SMILES string of the molecule is O=C(CNC(=O)Nc1ccccc1)NCC1CCC(O)C1. The summed E-state index contributed by atoms with van der Waals surface area (Å²) in [4.78, 5) is 23.2. The molecule has 0 aromatic heterocycles. The van der Waals surface area contributed by atoms with E-state index in [9.17, 15) is 14.7 Å². The van der Waals surface area contributed by atoms with Crippen molar-refractivity contribution in [2.24, 2.45) is 5.92 Å². The number of carbonyl (C=O) groups excluding carboxylic acids is 2. The van der Waals surface area contributed by atoms with Crippen LogP contribution in [-0.2, 0) is 4.79 Å². The zero-order chi connectivity index (χ0) is 15.1. The summed E-state index contributed by atoms with van der Waals surface area (Å²) in [5.41, 5.74) is 0.676. The van der Waals surface area contributed by atoms with Gasteiger partial charge in [-0.15, -0.1) is 0 Å². The van der Waals surface area contributed by atoms with Crippen molar-refractivity contribution in [1.29, 1.82) is 0 Å². The van der Waals surface area contributed by atoms with Gasteiger partial charge in [-0.25, -0.2) is 4.79 Å². The third-order valence-corrected chi connectivity index (χ3v) is 3.54. The van der Waals surface area contributed by atoms with Gasteiger partial charge >= 0.3 is 6.03 Å². The number of nitrogens with one attached hydrogen (secondary N) is 3. The second-order valence-corrected chi connectivity index (χ2v) is 5.31. The van der Waals surface area contributed by atoms with Crippen molar-refractivity contribution in [2.75, 3.05) is 18.4 Å². The number of hydrogen-bond acceptors (Lipinski definition) is 3. The summed E-state index contributed by atoms with van der Waals surface area (Å²) in [6.07, 6.45) is 2.24. The molecule has 1 aromatic rings. The molecule has 1 saturated carbocycles. The first-order chi connectivity index (χ1) is 10.1. The Labute approximate surface area is 123 Å². The number of benzene rings is 1. The summed E-state index contributed by atoms with van der Waals surface area (Å²) in [6.45, 7) is 0.492. The van der Waals surface area contributed by atoms with Crippen molar-refractivity contribution in [3.8, 4) is 0 Å². The van der Waals surface area contributed by atoms with E-state index in [0.717, 1.165) is 19.3 Å². The van der Waals surface area contributed by atoms with E-state index in [4.69, 9.17) is 0 Å². The Morgan fingerprint density at radius 3 is 2.57 bits per heavy atom. The fraction of sp³-hybridized carbons (Fsp3) is 0.467. The summed E-state index contributed by atoms with van der Waals surface area (Å²) in [7, 11) is 0. The molecule has 3 amide bonds. The molecule has 114 valence electrons. The van der Waals surface area contributed by atoms with Gasteiger partial charge in [0.1, 0.15) is 0 Å². The molecule has 0 spiro atoms. The molecule has 6 nitrogen and oxygen atoms in total. The van der Waals surface area contributed by atoms with Crippen LogP contribution in [0.5, 0.6) is 0 Å². The molecule has 4 N–H and O–H groups in total. The van der Waals surface area contributed by atoms with Gasteiger partial charge in [-0.1, -0.05) is 18.2 Å². The Hall–Kier alpha value is -2.08. The molecule has 0 radical (unpaired) electrons. The maximum Gasteiger partial charge on any atom is 0.319 e. The van der Waals surface area contributed by atoms with Crippen molar-refractivity contribution < 1.29 is 14.7 Å². The first-order valence-electron chi connectivity index (χ1n) is 7.18. The maximum absolute atomic E-state index is 11.6. The number of carbonyl (C=O) groups is 2. The van der Waals surface area contributed by atoms with Gasteiger partial charge in [-0.05, 0) is 37.3 Å². The Morgan fingerprint density at radius 1 is 1.14 bits per heavy atom. The summed E-state index contributed by atoms with van der Waals surface area (Å²) in [5.74, 6) is 0.113. The number of rotatable bonds is 5. The fourth-order valence-corrected chi connectivity index (χ4v) is 2.41. The smallest absolute Gasteiger partial charge is 0.319 e. The number of urea groups is 1. The van der Waals surface area contributed by atoms with Gasteiger partial charge in [0.05, 0.1) is 12.6 Å². The van der Waals surface area contributed by atoms with Crippen LogP contribution in [0.4, 0.5) is 10.5 Å². The second kappa shape index (κ2) is 7.64. The summed E-state index contributed by atoms with van der Waals surface area (Å²) < 4.78 is 0. The first-order valence-corrected chi connectivity index (χ1v) is 7.18. The largest absolute Gasteiger partial charge is 0.393 e. The monoisotopic (exact) mass is 291 g/mol. The van der Waals surface area contributed by atoms with Crippen molar-refractivity contribution in [3.05, 3.63) is 30.3 Å². The van der Waals surface area contributed by atoms with Crippen LogP contribution >= 0.6 is 0 Å². The predicted octanol–water partition coefficient (Wildman–Crippen LogP) is 1.09. The lowest BCUT2D eigenvalue weighted by molar-refractivity contribution is -0.120. The number of hydrogen-bond donors (Lipinski definition) is 4. The Balaban J connectivity index is 1.61. The highest BCUT2D eigenvalue weighted by Crippen LogP contribution is 2.24. The average molecular weight is 291 g/mol. The Kier molecular flexibility index (Phi) is 5.57. The molecule has 0 saturated heterocycles. The van der Waals surface area contributed by atoms with Crippen LogP contribution in [0.15, 0.2) is 30.3 Å². The van der Waals surface area contributed by atoms with Crippen LogP contribution in [0.25, 0.3) is 0 Å². The van der Waals surface area contributed by atoms with Gasteiger partial charge in [0.2, 0.25) is 5.91 Å². The van der Waals surface area contributed by atoms with Crippen LogP contribution in [0.1, 0.15) is 19.3 Å². The Bertz CT molecular complexity index is 478. The van der Waals surface area contributed by atoms with Gasteiger partial charge < -0.3 is 21.1 Å². The maximum atomic E-state index is 11.6. The Morgan fingerprint density at radius 2 is 1.90 bits per heavy atom. The van der Waals surface area contributed by atoms with E-state index in [2.05, 4.69) is 16.0 Å².